The molecule has 3 N–H and O–H groups in total. The van der Waals surface area contributed by atoms with E-state index in [9.17, 15) is 9.59 Å². The third-order valence-corrected chi connectivity index (χ3v) is 3.78. The average molecular weight is 322 g/mol. The Hall–Kier alpha value is -2.28. The molecule has 0 aromatic heterocycles. The second-order valence-corrected chi connectivity index (χ2v) is 5.65. The van der Waals surface area contributed by atoms with Crippen LogP contribution in [-0.4, -0.2) is 44.8 Å². The van der Waals surface area contributed by atoms with E-state index in [2.05, 4.69) is 10.6 Å². The minimum atomic E-state index is -0.354. The molecule has 0 saturated heterocycles. The maximum Gasteiger partial charge on any atom is 0.282 e. The predicted molar refractivity (Wildman–Crippen MR) is 85.7 cm³/mol. The number of rotatable bonds is 7. The fourth-order valence-corrected chi connectivity index (χ4v) is 2.18. The molecule has 2 atom stereocenters. The van der Waals surface area contributed by atoms with Crippen LogP contribution in [0.5, 0.6) is 11.5 Å². The summed E-state index contributed by atoms with van der Waals surface area (Å²) in [6.07, 6.45) is 0.894. The molecule has 0 radical (unpaired) electrons. The number of likely N-dealkylation sites (N-methyl/N-ethyl adjacent to an activating group) is 1. The fraction of sp³-hybridized carbons (Fsp3) is 0.500. The van der Waals surface area contributed by atoms with E-state index in [1.807, 2.05) is 14.0 Å². The van der Waals surface area contributed by atoms with Gasteiger partial charge in [-0.15, -0.1) is 0 Å². The molecule has 0 bridgehead atoms. The van der Waals surface area contributed by atoms with E-state index in [1.165, 1.54) is 0 Å². The summed E-state index contributed by atoms with van der Waals surface area (Å²) in [6, 6.07) is 4.91. The summed E-state index contributed by atoms with van der Waals surface area (Å²) in [5, 5.41) is 5.65. The first-order valence-corrected chi connectivity index (χ1v) is 7.80. The smallest absolute Gasteiger partial charge is 0.282 e. The maximum atomic E-state index is 12.3. The summed E-state index contributed by atoms with van der Waals surface area (Å²) < 4.78 is 10.5. The van der Waals surface area contributed by atoms with Crippen LogP contribution in [0.1, 0.15) is 20.3 Å². The molecule has 0 fully saturated rings. The number of benzene rings is 1. The lowest BCUT2D eigenvalue weighted by atomic mass is 10.2. The number of nitrogens with one attached hydrogen (secondary N) is 3. The van der Waals surface area contributed by atoms with Gasteiger partial charge < -0.3 is 25.0 Å². The maximum absolute atomic E-state index is 12.3. The van der Waals surface area contributed by atoms with Gasteiger partial charge in [-0.25, -0.2) is 0 Å². The van der Waals surface area contributed by atoms with E-state index in [0.29, 0.717) is 23.7 Å². The molecule has 2 amide bonds. The van der Waals surface area contributed by atoms with Crippen molar-refractivity contribution >= 4 is 17.5 Å². The number of hydrogen-bond donors (Lipinski definition) is 3. The summed E-state index contributed by atoms with van der Waals surface area (Å²) >= 11 is 0. The van der Waals surface area contributed by atoms with Gasteiger partial charge in [0.25, 0.3) is 11.8 Å². The van der Waals surface area contributed by atoms with Crippen LogP contribution in [-0.2, 0) is 9.59 Å². The number of ether oxygens (including phenoxy) is 2. The van der Waals surface area contributed by atoms with Crippen molar-refractivity contribution in [2.24, 2.45) is 0 Å². The molecular formula is C16H24N3O4+. The van der Waals surface area contributed by atoms with Crippen LogP contribution >= 0.6 is 0 Å². The van der Waals surface area contributed by atoms with Crippen LogP contribution < -0.4 is 25.0 Å². The molecule has 1 aromatic carbocycles. The lowest BCUT2D eigenvalue weighted by Gasteiger charge is -2.20. The number of quaternary nitrogens is 1. The topological polar surface area (TPSA) is 81.1 Å². The van der Waals surface area contributed by atoms with Gasteiger partial charge in [0.1, 0.15) is 0 Å². The highest BCUT2D eigenvalue weighted by atomic mass is 16.7. The second kappa shape index (κ2) is 7.82. The third-order valence-electron chi connectivity index (χ3n) is 3.78. The number of amides is 2. The summed E-state index contributed by atoms with van der Waals surface area (Å²) in [6.45, 7) is 4.91. The van der Waals surface area contributed by atoms with Gasteiger partial charge in [0.05, 0.1) is 7.05 Å². The highest BCUT2D eigenvalue weighted by Crippen LogP contribution is 2.34. The Kier molecular flexibility index (Phi) is 5.81. The van der Waals surface area contributed by atoms with Crippen molar-refractivity contribution in [1.29, 1.82) is 0 Å². The van der Waals surface area contributed by atoms with Gasteiger partial charge in [-0.05, 0) is 25.5 Å². The van der Waals surface area contributed by atoms with Gasteiger partial charge in [0, 0.05) is 18.3 Å². The van der Waals surface area contributed by atoms with Gasteiger partial charge >= 0.3 is 0 Å². The molecule has 1 heterocycles. The molecule has 23 heavy (non-hydrogen) atoms. The van der Waals surface area contributed by atoms with Gasteiger partial charge in [-0.1, -0.05) is 6.92 Å². The zero-order chi connectivity index (χ0) is 16.8. The third kappa shape index (κ3) is 4.59. The number of carbonyl (C=O) groups is 2. The van der Waals surface area contributed by atoms with Crippen molar-refractivity contribution in [2.45, 2.75) is 26.3 Å². The largest absolute Gasteiger partial charge is 0.454 e. The zero-order valence-corrected chi connectivity index (χ0v) is 13.8. The number of anilines is 1. The van der Waals surface area contributed by atoms with Gasteiger partial charge in [0.2, 0.25) is 6.79 Å². The predicted octanol–water partition coefficient (Wildman–Crippen LogP) is -0.217. The normalized spacial score (nSPS) is 14.9. The van der Waals surface area contributed by atoms with Gasteiger partial charge in [-0.3, -0.25) is 9.59 Å². The van der Waals surface area contributed by atoms with E-state index in [0.717, 1.165) is 11.3 Å². The van der Waals surface area contributed by atoms with E-state index in [-0.39, 0.29) is 31.2 Å². The van der Waals surface area contributed by atoms with Crippen molar-refractivity contribution in [3.63, 3.8) is 0 Å². The highest BCUT2D eigenvalue weighted by Gasteiger charge is 2.24. The van der Waals surface area contributed by atoms with Crippen molar-refractivity contribution in [2.75, 3.05) is 32.2 Å². The van der Waals surface area contributed by atoms with Crippen LogP contribution in [0.2, 0.25) is 0 Å². The average Bonchev–Trinajstić information content (AvgIpc) is 2.99. The molecular weight excluding hydrogens is 298 g/mol. The molecule has 0 aliphatic carbocycles. The molecule has 1 unspecified atom stereocenters. The van der Waals surface area contributed by atoms with E-state index in [1.54, 1.807) is 25.1 Å². The van der Waals surface area contributed by atoms with Gasteiger partial charge in [0.15, 0.2) is 24.1 Å². The SMILES string of the molecule is CCCNC(=O)C[NH+](C)[C@H](C)C(=O)Nc1ccc2c(c1)OCO2. The first kappa shape index (κ1) is 17.1. The standard InChI is InChI=1S/C16H23N3O4/c1-4-7-17-15(20)9-19(3)11(2)16(21)18-12-5-6-13-14(8-12)23-10-22-13/h5-6,8,11H,4,7,9-10H2,1-3H3,(H,17,20)(H,18,21)/p+1/t11-/m1/s1. The molecule has 7 nitrogen and oxygen atoms in total. The quantitative estimate of drug-likeness (QED) is 0.648. The molecule has 126 valence electrons. The zero-order valence-electron chi connectivity index (χ0n) is 13.8. The van der Waals surface area contributed by atoms with Gasteiger partial charge in [-0.2, -0.15) is 0 Å². The Morgan fingerprint density at radius 2 is 2.04 bits per heavy atom. The van der Waals surface area contributed by atoms with E-state index >= 15 is 0 Å². The molecule has 2 rings (SSSR count). The van der Waals surface area contributed by atoms with Crippen molar-refractivity contribution in [3.8, 4) is 11.5 Å². The van der Waals surface area contributed by atoms with Crippen molar-refractivity contribution < 1.29 is 24.0 Å². The highest BCUT2D eigenvalue weighted by molar-refractivity contribution is 5.94. The Labute approximate surface area is 135 Å². The molecule has 1 aliphatic rings. The van der Waals surface area contributed by atoms with Crippen LogP contribution in [0.15, 0.2) is 18.2 Å². The monoisotopic (exact) mass is 322 g/mol. The van der Waals surface area contributed by atoms with Crippen LogP contribution in [0.3, 0.4) is 0 Å². The first-order chi connectivity index (χ1) is 11.0. The number of hydrogen-bond acceptors (Lipinski definition) is 4. The fourth-order valence-electron chi connectivity index (χ4n) is 2.18. The minimum absolute atomic E-state index is 0.0490. The minimum Gasteiger partial charge on any atom is -0.454 e. The second-order valence-electron chi connectivity index (χ2n) is 5.65. The number of carbonyl (C=O) groups excluding carboxylic acids is 2. The van der Waals surface area contributed by atoms with Crippen LogP contribution in [0.4, 0.5) is 5.69 Å². The Morgan fingerprint density at radius 1 is 1.30 bits per heavy atom. The molecule has 1 aromatic rings. The first-order valence-electron chi connectivity index (χ1n) is 7.80. The lowest BCUT2D eigenvalue weighted by molar-refractivity contribution is -0.885. The van der Waals surface area contributed by atoms with Crippen molar-refractivity contribution in [1.82, 2.24) is 5.32 Å². The molecule has 7 heteroatoms. The molecule has 1 aliphatic heterocycles. The van der Waals surface area contributed by atoms with Crippen LogP contribution in [0, 0.1) is 0 Å². The Bertz CT molecular complexity index is 576. The Balaban J connectivity index is 1.88. The van der Waals surface area contributed by atoms with E-state index < -0.39 is 0 Å². The lowest BCUT2D eigenvalue weighted by Crippen LogP contribution is -3.15. The van der Waals surface area contributed by atoms with Crippen molar-refractivity contribution in [3.05, 3.63) is 18.2 Å². The summed E-state index contributed by atoms with van der Waals surface area (Å²) in [5.74, 6) is 1.10. The Morgan fingerprint density at radius 3 is 2.78 bits per heavy atom. The molecule has 0 saturated carbocycles. The van der Waals surface area contributed by atoms with Crippen LogP contribution in [0.25, 0.3) is 0 Å². The van der Waals surface area contributed by atoms with E-state index in [4.69, 9.17) is 9.47 Å². The summed E-state index contributed by atoms with van der Waals surface area (Å²) in [4.78, 5) is 24.9. The summed E-state index contributed by atoms with van der Waals surface area (Å²) in [7, 11) is 1.83. The summed E-state index contributed by atoms with van der Waals surface area (Å²) in [5.41, 5.74) is 0.648. The molecule has 0 spiro atoms. The number of fused-ring (bicyclic) bond motifs is 1.